The molecule has 0 saturated heterocycles. The molecule has 0 radical (unpaired) electrons. The van der Waals surface area contributed by atoms with E-state index >= 15 is 0 Å². The summed E-state index contributed by atoms with van der Waals surface area (Å²) in [5.74, 6) is 0. The Morgan fingerprint density at radius 2 is 1.10 bits per heavy atom. The van der Waals surface area contributed by atoms with Crippen molar-refractivity contribution in [2.75, 3.05) is 0 Å². The average molecular weight is 433 g/mol. The van der Waals surface area contributed by atoms with E-state index in [1.165, 1.54) is 54.6 Å². The Kier molecular flexibility index (Phi) is 3.72. The van der Waals surface area contributed by atoms with Crippen LogP contribution in [0.15, 0.2) is 108 Å². The van der Waals surface area contributed by atoms with Crippen LogP contribution < -0.4 is 0 Å². The molecule has 0 fully saturated rings. The highest BCUT2D eigenvalue weighted by Gasteiger charge is 2.16. The van der Waals surface area contributed by atoms with Crippen LogP contribution in [0.2, 0.25) is 0 Å². The number of hydrogen-bond donors (Lipinski definition) is 0. The van der Waals surface area contributed by atoms with E-state index < -0.39 is 0 Å². The van der Waals surface area contributed by atoms with Crippen molar-refractivity contribution in [2.24, 2.45) is 0 Å². The Morgan fingerprint density at radius 1 is 0.448 bits per heavy atom. The van der Waals surface area contributed by atoms with E-state index in [1.807, 2.05) is 0 Å². The summed E-state index contributed by atoms with van der Waals surface area (Å²) in [6.07, 6.45) is 0. The average Bonchev–Trinajstić information content (AvgIpc) is 2.79. The van der Waals surface area contributed by atoms with Gasteiger partial charge in [-0.05, 0) is 60.6 Å². The predicted octanol–water partition coefficient (Wildman–Crippen LogP) is 8.68. The van der Waals surface area contributed by atoms with Crippen LogP contribution in [-0.4, -0.2) is 0 Å². The molecule has 0 aliphatic heterocycles. The minimum absolute atomic E-state index is 1.15. The second-order valence-corrected chi connectivity index (χ2v) is 8.35. The Balaban J connectivity index is 1.76. The lowest BCUT2D eigenvalue weighted by Crippen LogP contribution is -1.90. The number of benzene rings is 6. The van der Waals surface area contributed by atoms with Crippen LogP contribution in [0.4, 0.5) is 0 Å². The van der Waals surface area contributed by atoms with E-state index in [2.05, 4.69) is 119 Å². The zero-order valence-electron chi connectivity index (χ0n) is 15.7. The van der Waals surface area contributed by atoms with Crippen LogP contribution in [0.5, 0.6) is 0 Å². The summed E-state index contributed by atoms with van der Waals surface area (Å²) < 4.78 is 1.15. The third-order valence-electron chi connectivity index (χ3n) is 5.90. The van der Waals surface area contributed by atoms with E-state index in [0.717, 1.165) is 4.47 Å². The largest absolute Gasteiger partial charge is 0.0622 e. The molecule has 6 aromatic rings. The maximum atomic E-state index is 3.85. The maximum Gasteiger partial charge on any atom is 0.0260 e. The first-order valence-electron chi connectivity index (χ1n) is 9.82. The van der Waals surface area contributed by atoms with Crippen molar-refractivity contribution in [3.63, 3.8) is 0 Å². The molecule has 0 nitrogen and oxygen atoms in total. The first-order chi connectivity index (χ1) is 14.3. The molecule has 6 aromatic carbocycles. The van der Waals surface area contributed by atoms with E-state index in [1.54, 1.807) is 0 Å². The molecule has 0 bridgehead atoms. The van der Waals surface area contributed by atoms with Crippen LogP contribution in [0.3, 0.4) is 0 Å². The van der Waals surface area contributed by atoms with Crippen LogP contribution in [0.25, 0.3) is 54.6 Å². The van der Waals surface area contributed by atoms with Gasteiger partial charge in [0.25, 0.3) is 0 Å². The molecule has 0 atom stereocenters. The van der Waals surface area contributed by atoms with Gasteiger partial charge in [0.15, 0.2) is 0 Å². The molecule has 0 saturated carbocycles. The smallest absolute Gasteiger partial charge is 0.0260 e. The molecular formula is C28H17Br. The van der Waals surface area contributed by atoms with E-state index in [9.17, 15) is 0 Å². The molecule has 0 spiro atoms. The molecule has 0 heterocycles. The monoisotopic (exact) mass is 432 g/mol. The Morgan fingerprint density at radius 3 is 1.93 bits per heavy atom. The standard InChI is InChI=1S/C28H17Br/c29-26-17-25-23(22-11-5-4-10-21(22)18-7-2-1-3-8-18)16-15-20-14-13-19-9-6-12-24(26)27(19)28(20)25/h1-17H. The molecule has 136 valence electrons. The zero-order chi connectivity index (χ0) is 19.4. The van der Waals surface area contributed by atoms with Gasteiger partial charge in [-0.25, -0.2) is 0 Å². The lowest BCUT2D eigenvalue weighted by Gasteiger charge is -2.17. The summed E-state index contributed by atoms with van der Waals surface area (Å²) in [6, 6.07) is 37.2. The lowest BCUT2D eigenvalue weighted by atomic mass is 9.87. The minimum atomic E-state index is 1.15. The maximum absolute atomic E-state index is 3.85. The van der Waals surface area contributed by atoms with Crippen LogP contribution >= 0.6 is 15.9 Å². The summed E-state index contributed by atoms with van der Waals surface area (Å²) in [5, 5.41) is 7.83. The van der Waals surface area contributed by atoms with Crippen molar-refractivity contribution >= 4 is 48.2 Å². The van der Waals surface area contributed by atoms with Gasteiger partial charge in [-0.15, -0.1) is 0 Å². The topological polar surface area (TPSA) is 0 Å². The van der Waals surface area contributed by atoms with Crippen molar-refractivity contribution in [3.8, 4) is 22.3 Å². The predicted molar refractivity (Wildman–Crippen MR) is 129 cm³/mol. The summed E-state index contributed by atoms with van der Waals surface area (Å²) in [6.45, 7) is 0. The molecule has 1 heteroatoms. The molecule has 0 N–H and O–H groups in total. The Hall–Kier alpha value is -3.16. The highest BCUT2D eigenvalue weighted by Crippen LogP contribution is 2.44. The van der Waals surface area contributed by atoms with Gasteiger partial charge in [-0.1, -0.05) is 113 Å². The fourth-order valence-electron chi connectivity index (χ4n) is 4.60. The lowest BCUT2D eigenvalue weighted by molar-refractivity contribution is 1.60. The van der Waals surface area contributed by atoms with E-state index in [4.69, 9.17) is 0 Å². The first-order valence-corrected chi connectivity index (χ1v) is 10.6. The molecular weight excluding hydrogens is 416 g/mol. The van der Waals surface area contributed by atoms with Gasteiger partial charge in [0, 0.05) is 4.47 Å². The molecule has 0 aliphatic carbocycles. The molecule has 6 rings (SSSR count). The highest BCUT2D eigenvalue weighted by molar-refractivity contribution is 9.10. The van der Waals surface area contributed by atoms with Crippen LogP contribution in [0, 0.1) is 0 Å². The van der Waals surface area contributed by atoms with Gasteiger partial charge in [-0.2, -0.15) is 0 Å². The highest BCUT2D eigenvalue weighted by atomic mass is 79.9. The fourth-order valence-corrected chi connectivity index (χ4v) is 5.16. The normalized spacial score (nSPS) is 11.6. The summed E-state index contributed by atoms with van der Waals surface area (Å²) >= 11 is 3.85. The van der Waals surface area contributed by atoms with Gasteiger partial charge in [0.1, 0.15) is 0 Å². The summed E-state index contributed by atoms with van der Waals surface area (Å²) in [4.78, 5) is 0. The van der Waals surface area contributed by atoms with Crippen molar-refractivity contribution in [3.05, 3.63) is 108 Å². The molecule has 0 aliphatic rings. The second kappa shape index (κ2) is 6.43. The van der Waals surface area contributed by atoms with Crippen molar-refractivity contribution < 1.29 is 0 Å². The Labute approximate surface area is 177 Å². The molecule has 0 aromatic heterocycles. The van der Waals surface area contributed by atoms with E-state index in [-0.39, 0.29) is 0 Å². The van der Waals surface area contributed by atoms with Gasteiger partial charge in [0.05, 0.1) is 0 Å². The van der Waals surface area contributed by atoms with Gasteiger partial charge >= 0.3 is 0 Å². The van der Waals surface area contributed by atoms with Crippen molar-refractivity contribution in [1.29, 1.82) is 0 Å². The summed E-state index contributed by atoms with van der Waals surface area (Å²) in [7, 11) is 0. The zero-order valence-corrected chi connectivity index (χ0v) is 17.3. The Bertz CT molecular complexity index is 1500. The quantitative estimate of drug-likeness (QED) is 0.240. The van der Waals surface area contributed by atoms with Crippen molar-refractivity contribution in [1.82, 2.24) is 0 Å². The number of rotatable bonds is 2. The number of halogens is 1. The molecule has 0 unspecified atom stereocenters. The minimum Gasteiger partial charge on any atom is -0.0622 e. The molecule has 29 heavy (non-hydrogen) atoms. The van der Waals surface area contributed by atoms with Gasteiger partial charge in [0.2, 0.25) is 0 Å². The summed E-state index contributed by atoms with van der Waals surface area (Å²) in [5.41, 5.74) is 5.05. The van der Waals surface area contributed by atoms with Crippen LogP contribution in [-0.2, 0) is 0 Å². The number of hydrogen-bond acceptors (Lipinski definition) is 0. The van der Waals surface area contributed by atoms with Crippen molar-refractivity contribution in [2.45, 2.75) is 0 Å². The second-order valence-electron chi connectivity index (χ2n) is 7.50. The first kappa shape index (κ1) is 16.8. The molecule has 0 amide bonds. The third-order valence-corrected chi connectivity index (χ3v) is 6.55. The fraction of sp³-hybridized carbons (Fsp3) is 0. The van der Waals surface area contributed by atoms with E-state index in [0.29, 0.717) is 0 Å². The third kappa shape index (κ3) is 2.51. The van der Waals surface area contributed by atoms with Gasteiger partial charge in [-0.3, -0.25) is 0 Å². The SMILES string of the molecule is Brc1cc2c(-c3ccccc3-c3ccccc3)ccc3ccc4cccc1c4c32. The van der Waals surface area contributed by atoms with Gasteiger partial charge < -0.3 is 0 Å². The van der Waals surface area contributed by atoms with Crippen LogP contribution in [0.1, 0.15) is 0 Å².